The minimum atomic E-state index is -3.07. The van der Waals surface area contributed by atoms with Crippen molar-refractivity contribution in [1.82, 2.24) is 10.4 Å². The Kier molecular flexibility index (Phi) is 3.65. The summed E-state index contributed by atoms with van der Waals surface area (Å²) in [7, 11) is -6.08. The average Bonchev–Trinajstić information content (AvgIpc) is 2.78. The van der Waals surface area contributed by atoms with Gasteiger partial charge in [0.2, 0.25) is 6.41 Å². The normalized spacial score (nSPS) is 33.3. The maximum Gasteiger partial charge on any atom is 0.224 e. The molecule has 1 N–H and O–H groups in total. The molecule has 2 aliphatic heterocycles. The molecule has 0 saturated carbocycles. The second-order valence-corrected chi connectivity index (χ2v) is 9.26. The highest BCUT2D eigenvalue weighted by atomic mass is 32.2. The zero-order valence-electron chi connectivity index (χ0n) is 9.78. The van der Waals surface area contributed by atoms with E-state index in [4.69, 9.17) is 0 Å². The quantitative estimate of drug-likeness (QED) is 0.491. The molecule has 0 bridgehead atoms. The summed E-state index contributed by atoms with van der Waals surface area (Å²) in [5.41, 5.74) is 2.82. The van der Waals surface area contributed by atoms with Gasteiger partial charge in [0.05, 0.1) is 29.1 Å². The predicted octanol–water partition coefficient (Wildman–Crippen LogP) is -1.68. The summed E-state index contributed by atoms with van der Waals surface area (Å²) in [5, 5.41) is 1.22. The van der Waals surface area contributed by atoms with E-state index in [0.29, 0.717) is 19.3 Å². The van der Waals surface area contributed by atoms with Crippen LogP contribution in [0, 0.1) is 0 Å². The van der Waals surface area contributed by atoms with Crippen molar-refractivity contribution in [3.05, 3.63) is 0 Å². The Morgan fingerprint density at radius 1 is 1.00 bits per heavy atom. The maximum absolute atomic E-state index is 11.3. The van der Waals surface area contributed by atoms with Crippen molar-refractivity contribution in [1.29, 1.82) is 0 Å². The van der Waals surface area contributed by atoms with Gasteiger partial charge in [0.15, 0.2) is 19.7 Å². The molecule has 2 rings (SSSR count). The van der Waals surface area contributed by atoms with Crippen LogP contribution in [0.1, 0.15) is 12.8 Å². The molecule has 9 heteroatoms. The highest BCUT2D eigenvalue weighted by Crippen LogP contribution is 2.17. The van der Waals surface area contributed by atoms with Crippen molar-refractivity contribution in [2.24, 2.45) is 0 Å². The Morgan fingerprint density at radius 2 is 1.61 bits per heavy atom. The molecule has 7 nitrogen and oxygen atoms in total. The topological polar surface area (TPSA) is 101 Å². The van der Waals surface area contributed by atoms with E-state index < -0.39 is 25.7 Å². The molecule has 0 aromatic heterocycles. The van der Waals surface area contributed by atoms with Crippen molar-refractivity contribution >= 4 is 26.1 Å². The maximum atomic E-state index is 11.3. The fourth-order valence-electron chi connectivity index (χ4n) is 2.32. The summed E-state index contributed by atoms with van der Waals surface area (Å²) in [4.78, 5) is 11.0. The number of amides is 1. The highest BCUT2D eigenvalue weighted by Gasteiger charge is 2.35. The fourth-order valence-corrected chi connectivity index (χ4v) is 5.70. The lowest BCUT2D eigenvalue weighted by molar-refractivity contribution is -0.123. The molecule has 2 aliphatic rings. The average molecular weight is 296 g/mol. The lowest BCUT2D eigenvalue weighted by Gasteiger charge is -2.27. The third-order valence-corrected chi connectivity index (χ3v) is 6.80. The van der Waals surface area contributed by atoms with Crippen molar-refractivity contribution in [2.45, 2.75) is 24.9 Å². The molecular weight excluding hydrogens is 280 g/mol. The molecule has 0 aliphatic carbocycles. The molecule has 2 heterocycles. The Bertz CT molecular complexity index is 527. The van der Waals surface area contributed by atoms with E-state index in [1.54, 1.807) is 0 Å². The van der Waals surface area contributed by atoms with Crippen molar-refractivity contribution in [3.8, 4) is 0 Å². The number of hydrazine groups is 1. The lowest BCUT2D eigenvalue weighted by atomic mass is 10.2. The van der Waals surface area contributed by atoms with Gasteiger partial charge in [-0.3, -0.25) is 9.80 Å². The summed E-state index contributed by atoms with van der Waals surface area (Å²) >= 11 is 0. The van der Waals surface area contributed by atoms with Gasteiger partial charge < -0.3 is 0 Å². The van der Waals surface area contributed by atoms with Gasteiger partial charge in [-0.1, -0.05) is 0 Å². The van der Waals surface area contributed by atoms with Gasteiger partial charge in [0.25, 0.3) is 0 Å². The smallest absolute Gasteiger partial charge is 0.224 e. The van der Waals surface area contributed by atoms with Gasteiger partial charge in [-0.05, 0) is 12.8 Å². The second-order valence-electron chi connectivity index (χ2n) is 4.80. The van der Waals surface area contributed by atoms with E-state index in [-0.39, 0.29) is 29.1 Å². The number of nitrogens with one attached hydrogen (secondary N) is 1. The molecule has 18 heavy (non-hydrogen) atoms. The lowest BCUT2D eigenvalue weighted by Crippen LogP contribution is -2.50. The third-order valence-electron chi connectivity index (χ3n) is 3.28. The van der Waals surface area contributed by atoms with E-state index in [1.807, 2.05) is 0 Å². The van der Waals surface area contributed by atoms with Gasteiger partial charge >= 0.3 is 0 Å². The van der Waals surface area contributed by atoms with E-state index in [1.165, 1.54) is 5.01 Å². The van der Waals surface area contributed by atoms with E-state index >= 15 is 0 Å². The van der Waals surface area contributed by atoms with Crippen LogP contribution >= 0.6 is 0 Å². The first kappa shape index (κ1) is 13.8. The summed E-state index contributed by atoms with van der Waals surface area (Å²) < 4.78 is 45.3. The molecule has 104 valence electrons. The molecule has 0 aromatic carbocycles. The summed E-state index contributed by atoms with van der Waals surface area (Å²) in [6, 6.07) is -0.695. The highest BCUT2D eigenvalue weighted by molar-refractivity contribution is 7.91. The predicted molar refractivity (Wildman–Crippen MR) is 65.2 cm³/mol. The van der Waals surface area contributed by atoms with Crippen molar-refractivity contribution in [3.63, 3.8) is 0 Å². The van der Waals surface area contributed by atoms with Gasteiger partial charge in [0.1, 0.15) is 0 Å². The van der Waals surface area contributed by atoms with Crippen molar-refractivity contribution < 1.29 is 21.6 Å². The van der Waals surface area contributed by atoms with Gasteiger partial charge in [-0.15, -0.1) is 0 Å². The van der Waals surface area contributed by atoms with E-state index in [2.05, 4.69) is 5.43 Å². The largest absolute Gasteiger partial charge is 0.277 e. The molecule has 1 amide bonds. The van der Waals surface area contributed by atoms with Crippen LogP contribution < -0.4 is 5.43 Å². The molecule has 0 spiro atoms. The first-order chi connectivity index (χ1) is 8.31. The van der Waals surface area contributed by atoms with Gasteiger partial charge in [-0.25, -0.2) is 22.3 Å². The van der Waals surface area contributed by atoms with Crippen LogP contribution in [-0.2, 0) is 24.5 Å². The zero-order valence-corrected chi connectivity index (χ0v) is 11.4. The van der Waals surface area contributed by atoms with Crippen LogP contribution in [0.2, 0.25) is 0 Å². The molecule has 0 aromatic rings. The zero-order chi connectivity index (χ0) is 13.4. The first-order valence-corrected chi connectivity index (χ1v) is 9.36. The number of hydrogen-bond acceptors (Lipinski definition) is 6. The van der Waals surface area contributed by atoms with Crippen LogP contribution in [0.5, 0.6) is 0 Å². The number of rotatable bonds is 4. The number of sulfone groups is 2. The van der Waals surface area contributed by atoms with Crippen LogP contribution in [0.15, 0.2) is 0 Å². The van der Waals surface area contributed by atoms with Crippen molar-refractivity contribution in [2.75, 3.05) is 23.0 Å². The molecule has 2 unspecified atom stereocenters. The number of carbonyl (C=O) groups is 1. The molecular formula is C9H16N2O5S2. The first-order valence-electron chi connectivity index (χ1n) is 5.72. The molecule has 0 radical (unpaired) electrons. The fraction of sp³-hybridized carbons (Fsp3) is 0.889. The Morgan fingerprint density at radius 3 is 2.06 bits per heavy atom. The monoisotopic (exact) mass is 296 g/mol. The molecule has 2 fully saturated rings. The van der Waals surface area contributed by atoms with Gasteiger partial charge in [-0.2, -0.15) is 0 Å². The Labute approximate surface area is 106 Å². The Balaban J connectivity index is 1.97. The minimum Gasteiger partial charge on any atom is -0.277 e. The second kappa shape index (κ2) is 4.78. The third kappa shape index (κ3) is 3.21. The van der Waals surface area contributed by atoms with E-state index in [0.717, 1.165) is 0 Å². The Hall–Kier alpha value is -0.670. The molecule has 2 atom stereocenters. The van der Waals surface area contributed by atoms with Gasteiger partial charge in [0, 0.05) is 6.04 Å². The number of hydrogen-bond donors (Lipinski definition) is 1. The summed E-state index contributed by atoms with van der Waals surface area (Å²) in [5.74, 6) is 0.127. The van der Waals surface area contributed by atoms with Crippen LogP contribution in [0.4, 0.5) is 0 Å². The minimum absolute atomic E-state index is 0.00316. The number of carbonyl (C=O) groups excluding carboxylic acids is 1. The molecule has 2 saturated heterocycles. The summed E-state index contributed by atoms with van der Waals surface area (Å²) in [6.45, 7) is 0. The van der Waals surface area contributed by atoms with Crippen LogP contribution in [0.25, 0.3) is 0 Å². The number of nitrogens with zero attached hydrogens (tertiary/aromatic N) is 1. The van der Waals surface area contributed by atoms with E-state index in [9.17, 15) is 21.6 Å². The SMILES string of the molecule is O=CN(NC1CCS(=O)(=O)C1)C1CCS(=O)(=O)C1. The standard InChI is InChI=1S/C9H16N2O5S2/c12-7-11(9-2-4-18(15,16)6-9)10-8-1-3-17(13,14)5-8/h7-10H,1-6H2. The summed E-state index contributed by atoms with van der Waals surface area (Å²) in [6.07, 6.45) is 1.39. The van der Waals surface area contributed by atoms with Crippen LogP contribution in [-0.4, -0.2) is 63.3 Å². The van der Waals surface area contributed by atoms with Crippen LogP contribution in [0.3, 0.4) is 0 Å².